The number of aliphatic hydroxyl groups excluding tert-OH is 1. The predicted octanol–water partition coefficient (Wildman–Crippen LogP) is 3.04. The first kappa shape index (κ1) is 11.7. The molecule has 17 heavy (non-hydrogen) atoms. The van der Waals surface area contributed by atoms with Gasteiger partial charge in [0.15, 0.2) is 0 Å². The molecule has 0 radical (unpaired) electrons. The molecule has 0 spiro atoms. The van der Waals surface area contributed by atoms with Crippen molar-refractivity contribution in [2.75, 3.05) is 0 Å². The number of hydrogen-bond acceptors (Lipinski definition) is 2. The molecule has 0 aliphatic carbocycles. The monoisotopic (exact) mass is 228 g/mol. The SMILES string of the molecule is C[C@@H](c1ccccc1)c1cc(CO)ccc1O. The van der Waals surface area contributed by atoms with Crippen LogP contribution in [0.4, 0.5) is 0 Å². The lowest BCUT2D eigenvalue weighted by molar-refractivity contribution is 0.281. The third-order valence-electron chi connectivity index (χ3n) is 3.04. The topological polar surface area (TPSA) is 40.5 Å². The van der Waals surface area contributed by atoms with Crippen molar-refractivity contribution in [1.29, 1.82) is 0 Å². The molecule has 0 bridgehead atoms. The minimum atomic E-state index is -0.00517. The van der Waals surface area contributed by atoms with Gasteiger partial charge in [0.1, 0.15) is 5.75 Å². The average Bonchev–Trinajstić information content (AvgIpc) is 2.39. The first-order valence-corrected chi connectivity index (χ1v) is 5.70. The summed E-state index contributed by atoms with van der Waals surface area (Å²) in [5.74, 6) is 0.390. The smallest absolute Gasteiger partial charge is 0.119 e. The van der Waals surface area contributed by atoms with E-state index in [-0.39, 0.29) is 18.3 Å². The van der Waals surface area contributed by atoms with E-state index in [1.807, 2.05) is 43.3 Å². The molecule has 0 unspecified atom stereocenters. The molecule has 0 saturated heterocycles. The number of phenolic OH excluding ortho intramolecular Hbond substituents is 1. The van der Waals surface area contributed by atoms with Crippen LogP contribution in [0.1, 0.15) is 29.5 Å². The Morgan fingerprint density at radius 3 is 2.41 bits per heavy atom. The Kier molecular flexibility index (Phi) is 3.45. The number of benzene rings is 2. The molecule has 2 rings (SSSR count). The highest BCUT2D eigenvalue weighted by atomic mass is 16.3. The quantitative estimate of drug-likeness (QED) is 0.847. The molecule has 0 heterocycles. The van der Waals surface area contributed by atoms with E-state index in [2.05, 4.69) is 0 Å². The minimum absolute atomic E-state index is 0.00517. The van der Waals surface area contributed by atoms with Crippen LogP contribution in [-0.4, -0.2) is 10.2 Å². The number of hydrogen-bond donors (Lipinski definition) is 2. The van der Waals surface area contributed by atoms with Gasteiger partial charge in [-0.25, -0.2) is 0 Å². The molecule has 0 aliphatic heterocycles. The van der Waals surface area contributed by atoms with Gasteiger partial charge in [-0.05, 0) is 23.3 Å². The van der Waals surface area contributed by atoms with Gasteiger partial charge in [0.25, 0.3) is 0 Å². The summed E-state index contributed by atoms with van der Waals surface area (Å²) in [7, 11) is 0. The molecule has 2 heteroatoms. The fourth-order valence-corrected chi connectivity index (χ4v) is 1.97. The van der Waals surface area contributed by atoms with E-state index in [4.69, 9.17) is 5.11 Å². The number of rotatable bonds is 3. The van der Waals surface area contributed by atoms with Crippen LogP contribution >= 0.6 is 0 Å². The van der Waals surface area contributed by atoms with Crippen LogP contribution in [0.15, 0.2) is 48.5 Å². The Morgan fingerprint density at radius 2 is 1.76 bits per heavy atom. The Bertz CT molecular complexity index is 492. The van der Waals surface area contributed by atoms with Crippen LogP contribution in [0.25, 0.3) is 0 Å². The van der Waals surface area contributed by atoms with Gasteiger partial charge in [-0.3, -0.25) is 0 Å². The number of aliphatic hydroxyl groups is 1. The van der Waals surface area contributed by atoms with Gasteiger partial charge in [-0.2, -0.15) is 0 Å². The molecular weight excluding hydrogens is 212 g/mol. The van der Waals surface area contributed by atoms with Gasteiger partial charge in [-0.15, -0.1) is 0 Å². The standard InChI is InChI=1S/C15H16O2/c1-11(13-5-3-2-4-6-13)14-9-12(10-16)7-8-15(14)17/h2-9,11,16-17H,10H2,1H3/t11-/m0/s1. The summed E-state index contributed by atoms with van der Waals surface area (Å²) in [6.07, 6.45) is 0. The lowest BCUT2D eigenvalue weighted by atomic mass is 9.91. The van der Waals surface area contributed by atoms with Crippen molar-refractivity contribution in [3.8, 4) is 5.75 Å². The van der Waals surface area contributed by atoms with Crippen molar-refractivity contribution in [1.82, 2.24) is 0 Å². The Morgan fingerprint density at radius 1 is 1.06 bits per heavy atom. The maximum Gasteiger partial charge on any atom is 0.119 e. The van der Waals surface area contributed by atoms with Crippen molar-refractivity contribution in [2.24, 2.45) is 0 Å². The summed E-state index contributed by atoms with van der Waals surface area (Å²) in [6.45, 7) is 2.04. The zero-order valence-corrected chi connectivity index (χ0v) is 9.80. The summed E-state index contributed by atoms with van der Waals surface area (Å²) < 4.78 is 0. The Balaban J connectivity index is 2.40. The first-order valence-electron chi connectivity index (χ1n) is 5.70. The average molecular weight is 228 g/mol. The molecule has 2 aromatic rings. The van der Waals surface area contributed by atoms with E-state index in [9.17, 15) is 5.11 Å². The van der Waals surface area contributed by atoms with E-state index in [1.165, 1.54) is 0 Å². The molecule has 0 amide bonds. The van der Waals surface area contributed by atoms with Crippen LogP contribution in [0.5, 0.6) is 5.75 Å². The fourth-order valence-electron chi connectivity index (χ4n) is 1.97. The van der Waals surface area contributed by atoms with Crippen LogP contribution in [-0.2, 0) is 6.61 Å². The van der Waals surface area contributed by atoms with E-state index >= 15 is 0 Å². The second-order valence-electron chi connectivity index (χ2n) is 4.18. The highest BCUT2D eigenvalue weighted by Crippen LogP contribution is 2.31. The fraction of sp³-hybridized carbons (Fsp3) is 0.200. The molecule has 2 N–H and O–H groups in total. The van der Waals surface area contributed by atoms with Crippen LogP contribution < -0.4 is 0 Å². The number of phenols is 1. The van der Waals surface area contributed by atoms with Crippen molar-refractivity contribution in [3.05, 3.63) is 65.2 Å². The van der Waals surface area contributed by atoms with Gasteiger partial charge >= 0.3 is 0 Å². The predicted molar refractivity (Wildman–Crippen MR) is 68.0 cm³/mol. The third-order valence-corrected chi connectivity index (χ3v) is 3.04. The highest BCUT2D eigenvalue weighted by molar-refractivity contribution is 5.42. The van der Waals surface area contributed by atoms with E-state index in [0.717, 1.165) is 16.7 Å². The Labute approximate surface area is 101 Å². The molecule has 88 valence electrons. The van der Waals surface area contributed by atoms with Crippen molar-refractivity contribution >= 4 is 0 Å². The van der Waals surface area contributed by atoms with Crippen molar-refractivity contribution < 1.29 is 10.2 Å². The lowest BCUT2D eigenvalue weighted by Gasteiger charge is -2.15. The maximum absolute atomic E-state index is 9.88. The molecule has 2 nitrogen and oxygen atoms in total. The summed E-state index contributed by atoms with van der Waals surface area (Å²) in [5.41, 5.74) is 2.82. The minimum Gasteiger partial charge on any atom is -0.508 e. The molecule has 0 aliphatic rings. The zero-order chi connectivity index (χ0) is 12.3. The zero-order valence-electron chi connectivity index (χ0n) is 9.80. The summed E-state index contributed by atoms with van der Waals surface area (Å²) in [6, 6.07) is 15.2. The largest absolute Gasteiger partial charge is 0.508 e. The third kappa shape index (κ3) is 2.48. The summed E-state index contributed by atoms with van der Waals surface area (Å²) >= 11 is 0. The number of aromatic hydroxyl groups is 1. The molecule has 0 aromatic heterocycles. The first-order chi connectivity index (χ1) is 8.22. The van der Waals surface area contributed by atoms with Gasteiger partial charge in [0.2, 0.25) is 0 Å². The highest BCUT2D eigenvalue weighted by Gasteiger charge is 2.12. The van der Waals surface area contributed by atoms with E-state index in [0.29, 0.717) is 0 Å². The van der Waals surface area contributed by atoms with E-state index in [1.54, 1.807) is 12.1 Å². The van der Waals surface area contributed by atoms with Gasteiger partial charge in [0.05, 0.1) is 6.61 Å². The van der Waals surface area contributed by atoms with Gasteiger partial charge in [0, 0.05) is 11.5 Å². The lowest BCUT2D eigenvalue weighted by Crippen LogP contribution is -1.97. The van der Waals surface area contributed by atoms with Gasteiger partial charge in [-0.1, -0.05) is 43.3 Å². The van der Waals surface area contributed by atoms with E-state index < -0.39 is 0 Å². The molecule has 1 atom stereocenters. The second kappa shape index (κ2) is 5.02. The molecule has 0 fully saturated rings. The van der Waals surface area contributed by atoms with Crippen LogP contribution in [0, 0.1) is 0 Å². The van der Waals surface area contributed by atoms with Gasteiger partial charge < -0.3 is 10.2 Å². The second-order valence-corrected chi connectivity index (χ2v) is 4.18. The van der Waals surface area contributed by atoms with Crippen molar-refractivity contribution in [3.63, 3.8) is 0 Å². The van der Waals surface area contributed by atoms with Crippen molar-refractivity contribution in [2.45, 2.75) is 19.4 Å². The Hall–Kier alpha value is -1.80. The van der Waals surface area contributed by atoms with Crippen LogP contribution in [0.2, 0.25) is 0 Å². The normalized spacial score (nSPS) is 12.4. The molecular formula is C15H16O2. The molecule has 0 saturated carbocycles. The molecule has 2 aromatic carbocycles. The van der Waals surface area contributed by atoms with Crippen LogP contribution in [0.3, 0.4) is 0 Å². The summed E-state index contributed by atoms with van der Waals surface area (Å²) in [5, 5.41) is 19.0. The summed E-state index contributed by atoms with van der Waals surface area (Å²) in [4.78, 5) is 0. The maximum atomic E-state index is 9.88.